The number of rotatable bonds is 44. The lowest BCUT2D eigenvalue weighted by Gasteiger charge is -2.34. The van der Waals surface area contributed by atoms with Crippen LogP contribution in [0, 0.1) is 0 Å². The van der Waals surface area contributed by atoms with Crippen LogP contribution >= 0.6 is 0 Å². The summed E-state index contributed by atoms with van der Waals surface area (Å²) in [7, 11) is -6.78. The molecule has 0 heterocycles. The third kappa shape index (κ3) is 76.2. The molecular formula is C75H128O19Si4. The van der Waals surface area contributed by atoms with E-state index in [0.717, 1.165) is 24.9 Å². The molecule has 0 aliphatic rings. The van der Waals surface area contributed by atoms with Gasteiger partial charge in [0.15, 0.2) is 33.3 Å². The van der Waals surface area contributed by atoms with E-state index in [1.54, 1.807) is 68.4 Å². The summed E-state index contributed by atoms with van der Waals surface area (Å²) in [6.45, 7) is 84.1. The number of esters is 8. The van der Waals surface area contributed by atoms with Gasteiger partial charge in [-0.25, -0.2) is 38.4 Å². The fourth-order valence-corrected chi connectivity index (χ4v) is 21.2. The quantitative estimate of drug-likeness (QED) is 0.0138. The van der Waals surface area contributed by atoms with Crippen LogP contribution in [0.15, 0.2) is 172 Å². The molecule has 0 radical (unpaired) electrons. The van der Waals surface area contributed by atoms with E-state index in [1.807, 2.05) is 23.6 Å². The van der Waals surface area contributed by atoms with Gasteiger partial charge in [0.2, 0.25) is 0 Å². The molecule has 0 aromatic rings. The van der Waals surface area contributed by atoms with Gasteiger partial charge in [0.25, 0.3) is 0 Å². The van der Waals surface area contributed by atoms with Gasteiger partial charge < -0.3 is 50.9 Å². The Bertz CT molecular complexity index is 2440. The van der Waals surface area contributed by atoms with Gasteiger partial charge in [0, 0.05) is 44.6 Å². The van der Waals surface area contributed by atoms with Crippen molar-refractivity contribution in [1.29, 1.82) is 0 Å². The molecule has 98 heavy (non-hydrogen) atoms. The Balaban J connectivity index is -0.000000203. The summed E-state index contributed by atoms with van der Waals surface area (Å²) >= 11 is 0. The molecule has 0 spiro atoms. The second kappa shape index (κ2) is 63.3. The molecule has 0 amide bonds. The van der Waals surface area contributed by atoms with Crippen LogP contribution in [0.5, 0.6) is 0 Å². The van der Waals surface area contributed by atoms with Crippen molar-refractivity contribution in [3.05, 3.63) is 172 Å². The van der Waals surface area contributed by atoms with Crippen molar-refractivity contribution in [3.63, 3.8) is 0 Å². The molecule has 0 saturated heterocycles. The smallest absolute Gasteiger partial charge is 0.333 e. The zero-order chi connectivity index (χ0) is 77.7. The third-order valence-corrected chi connectivity index (χ3v) is 25.2. The topological polar surface area (TPSA) is 238 Å². The monoisotopic (exact) mass is 1440 g/mol. The van der Waals surface area contributed by atoms with Crippen molar-refractivity contribution in [1.82, 2.24) is 0 Å². The van der Waals surface area contributed by atoms with Crippen LogP contribution in [0.2, 0.25) is 64.5 Å². The van der Waals surface area contributed by atoms with Crippen LogP contribution < -0.4 is 0 Å². The fraction of sp³-hybridized carbons (Fsp3) is 0.520. The first-order valence-electron chi connectivity index (χ1n) is 32.6. The Morgan fingerprint density at radius 1 is 0.327 bits per heavy atom. The number of allylic oxidation sites excluding steroid dienone is 2. The Morgan fingerprint density at radius 2 is 0.592 bits per heavy atom. The highest BCUT2D eigenvalue weighted by atomic mass is 28.4. The van der Waals surface area contributed by atoms with E-state index in [9.17, 15) is 38.4 Å². The summed E-state index contributed by atoms with van der Waals surface area (Å²) in [5.74, 6) is -3.17. The molecule has 1 unspecified atom stereocenters. The third-order valence-electron chi connectivity index (χ3n) is 11.5. The van der Waals surface area contributed by atoms with Crippen LogP contribution in [-0.4, -0.2) is 147 Å². The highest BCUT2D eigenvalue weighted by molar-refractivity contribution is 6.89. The van der Waals surface area contributed by atoms with Crippen molar-refractivity contribution in [2.24, 2.45) is 0 Å². The minimum absolute atomic E-state index is 0.0325. The van der Waals surface area contributed by atoms with Gasteiger partial charge in [-0.15, -0.1) is 32.9 Å². The number of hydrogen-bond donors (Lipinski definition) is 0. The lowest BCUT2D eigenvalue weighted by atomic mass is 10.1. The predicted octanol–water partition coefficient (Wildman–Crippen LogP) is 17.2. The van der Waals surface area contributed by atoms with Crippen molar-refractivity contribution < 1.29 is 89.2 Å². The molecule has 0 bridgehead atoms. The molecule has 19 nitrogen and oxygen atoms in total. The molecule has 1 atom stereocenters. The Hall–Kier alpha value is -7.13. The average molecular weight is 1450 g/mol. The Labute approximate surface area is 596 Å². The maximum atomic E-state index is 11.4. The number of ether oxygens (including phenoxy) is 9. The van der Waals surface area contributed by atoms with Gasteiger partial charge in [-0.1, -0.05) is 108 Å². The predicted molar refractivity (Wildman–Crippen MR) is 411 cm³/mol. The van der Waals surface area contributed by atoms with Gasteiger partial charge in [0.1, 0.15) is 25.9 Å². The molecule has 23 heteroatoms. The number of carbonyl (C=O) groups excluding carboxylic acids is 8. The first kappa shape index (κ1) is 104. The summed E-state index contributed by atoms with van der Waals surface area (Å²) in [5, 5.41) is 0. The fourth-order valence-electron chi connectivity index (χ4n) is 6.30. The van der Waals surface area contributed by atoms with Gasteiger partial charge >= 0.3 is 47.8 Å². The molecule has 0 rings (SSSR count). The van der Waals surface area contributed by atoms with Crippen molar-refractivity contribution >= 4 is 81.0 Å². The lowest BCUT2D eigenvalue weighted by molar-refractivity contribution is -0.147. The van der Waals surface area contributed by atoms with E-state index in [0.29, 0.717) is 97.1 Å². The summed E-state index contributed by atoms with van der Waals surface area (Å²) < 4.78 is 56.5. The Kier molecular flexibility index (Phi) is 67.4. The maximum Gasteiger partial charge on any atom is 0.333 e. The van der Waals surface area contributed by atoms with E-state index < -0.39 is 45.2 Å². The van der Waals surface area contributed by atoms with Crippen molar-refractivity contribution in [2.75, 3.05) is 59.5 Å². The van der Waals surface area contributed by atoms with Gasteiger partial charge in [-0.05, 0) is 178 Å². The summed E-state index contributed by atoms with van der Waals surface area (Å²) in [5.41, 5.74) is 6.99. The number of hydrogen-bond acceptors (Lipinski definition) is 19. The van der Waals surface area contributed by atoms with Gasteiger partial charge in [-0.3, -0.25) is 0 Å². The van der Waals surface area contributed by atoms with E-state index >= 15 is 0 Å². The summed E-state index contributed by atoms with van der Waals surface area (Å²) in [4.78, 5) is 87.8. The first-order chi connectivity index (χ1) is 45.3. The largest absolute Gasteiger partial charge is 0.462 e. The zero-order valence-electron chi connectivity index (χ0n) is 63.5. The second-order valence-electron chi connectivity index (χ2n) is 24.8. The first-order valence-corrected chi connectivity index (χ1v) is 44.8. The number of carbonyl (C=O) groups is 8. The molecule has 0 aromatic carbocycles. The minimum Gasteiger partial charge on any atom is -0.462 e. The maximum absolute atomic E-state index is 11.4. The second-order valence-corrected chi connectivity index (χ2v) is 41.7. The SMILES string of the molecule is C=C(C)C(=O)OCCCCOC(=O)C(=C)C.C=C(C)C(=O)OCCC[Si](C)(C)O[Si](C)(C)CCCOC(=O)C(=C)C.C=C(C)C(=O)OCCOC(=O)C(=C)C.C=CCCCCCCC=C.C=CCOC(=O)C(=C)C.C=CCOCC(C)OC(=O)C(=C)C.C=C[Si](C)(C)O[Si](C)(C)C=C. The lowest BCUT2D eigenvalue weighted by Crippen LogP contribution is -2.44. The molecule has 558 valence electrons. The van der Waals surface area contributed by atoms with Crippen LogP contribution in [0.3, 0.4) is 0 Å². The van der Waals surface area contributed by atoms with E-state index in [4.69, 9.17) is 36.7 Å². The molecule has 0 fully saturated rings. The average Bonchev–Trinajstić information content (AvgIpc) is 0.895. The van der Waals surface area contributed by atoms with Gasteiger partial charge in [-0.2, -0.15) is 0 Å². The molecule has 0 N–H and O–H groups in total. The van der Waals surface area contributed by atoms with Crippen LogP contribution in [0.1, 0.15) is 127 Å². The molecule has 0 saturated carbocycles. The molecule has 0 aliphatic carbocycles. The van der Waals surface area contributed by atoms with Crippen LogP contribution in [-0.2, 0) is 89.2 Å². The van der Waals surface area contributed by atoms with E-state index in [1.165, 1.54) is 44.6 Å². The molecule has 0 aliphatic heterocycles. The van der Waals surface area contributed by atoms with Crippen LogP contribution in [0.4, 0.5) is 0 Å². The number of unbranched alkanes of at least 4 members (excludes halogenated alkanes) is 6. The normalized spacial score (nSPS) is 10.5. The van der Waals surface area contributed by atoms with Crippen molar-refractivity contribution in [2.45, 2.75) is 197 Å². The highest BCUT2D eigenvalue weighted by Crippen LogP contribution is 2.24. The summed E-state index contributed by atoms with van der Waals surface area (Å²) in [6, 6.07) is 1.88. The summed E-state index contributed by atoms with van der Waals surface area (Å²) in [6.07, 6.45) is 17.5. The van der Waals surface area contributed by atoms with Gasteiger partial charge in [0.05, 0.1) is 39.6 Å². The van der Waals surface area contributed by atoms with Crippen LogP contribution in [0.25, 0.3) is 0 Å². The molecule has 0 aromatic heterocycles. The molecular weight excluding hydrogens is 1320 g/mol. The minimum atomic E-state index is -1.81. The Morgan fingerprint density at radius 3 is 0.847 bits per heavy atom. The standard InChI is InChI=1S/C18H34O5Si2.C12H18O4.C10H14O4.C10H16O3.C10H18.C8H18OSi2.C7H10O2/c1-15(2)17(19)21-11-9-13-24(5,6)23-25(7,8)14-10-12-22-18(20)16(3)4;1-9(2)11(13)15-7-5-6-8-16-12(14)10(3)4;1-7(2)9(11)13-5-6-14-10(12)8(3)4;1-5-6-12-7-9(4)13-10(11)8(2)3;1-3-5-7-9-10-8-6-4-2;1-7-10(3,4)9-11(5,6)8-2;1-4-5-9-7(8)6(2)3/h1,3,9-14H2,2,4-8H3;1,3,5-8H2,2,4H3;1,3,5-6H2,2,4H3;5,9H,1-2,6-7H2,3-4H3;3-4H,1-2,5-10H2;7-8H,1-2H2,3-6H3;4H,1-2,5H2,3H3. The highest BCUT2D eigenvalue weighted by Gasteiger charge is 2.33. The zero-order valence-corrected chi connectivity index (χ0v) is 67.5. The van der Waals surface area contributed by atoms with E-state index in [2.05, 4.69) is 159 Å². The van der Waals surface area contributed by atoms with E-state index in [-0.39, 0.29) is 61.7 Å². The van der Waals surface area contributed by atoms with Crippen molar-refractivity contribution in [3.8, 4) is 0 Å².